The van der Waals surface area contributed by atoms with E-state index in [1.807, 2.05) is 0 Å². The van der Waals surface area contributed by atoms with E-state index in [9.17, 15) is 5.11 Å². The van der Waals surface area contributed by atoms with Crippen LogP contribution < -0.4 is 5.32 Å². The van der Waals surface area contributed by atoms with Gasteiger partial charge in [-0.05, 0) is 56.3 Å². The lowest BCUT2D eigenvalue weighted by atomic mass is 9.84. The zero-order valence-corrected chi connectivity index (χ0v) is 10.2. The van der Waals surface area contributed by atoms with Crippen LogP contribution in [0.4, 0.5) is 0 Å². The van der Waals surface area contributed by atoms with Crippen molar-refractivity contribution in [3.63, 3.8) is 0 Å². The first-order chi connectivity index (χ1) is 7.88. The van der Waals surface area contributed by atoms with Crippen LogP contribution in [0.3, 0.4) is 0 Å². The number of aliphatic hydroxyl groups is 1. The van der Waals surface area contributed by atoms with E-state index >= 15 is 0 Å². The normalized spacial score (nSPS) is 35.6. The zero-order chi connectivity index (χ0) is 11.0. The molecule has 3 rings (SSSR count). The van der Waals surface area contributed by atoms with Crippen LogP contribution in [-0.4, -0.2) is 23.8 Å². The van der Waals surface area contributed by atoms with E-state index < -0.39 is 0 Å². The average molecular weight is 223 g/mol. The van der Waals surface area contributed by atoms with Gasteiger partial charge in [0.25, 0.3) is 0 Å². The molecule has 3 aliphatic carbocycles. The Bertz CT molecular complexity index is 223. The van der Waals surface area contributed by atoms with Crippen LogP contribution in [0.5, 0.6) is 0 Å². The quantitative estimate of drug-likeness (QED) is 0.749. The van der Waals surface area contributed by atoms with Gasteiger partial charge in [-0.2, -0.15) is 0 Å². The minimum Gasteiger partial charge on any atom is -0.396 e. The number of hydrogen-bond donors (Lipinski definition) is 2. The monoisotopic (exact) mass is 223 g/mol. The molecule has 2 N–H and O–H groups in total. The van der Waals surface area contributed by atoms with Crippen molar-refractivity contribution in [2.75, 3.05) is 6.61 Å². The molecule has 2 atom stereocenters. The number of rotatable bonds is 5. The summed E-state index contributed by atoms with van der Waals surface area (Å²) in [5.41, 5.74) is 0. The molecule has 0 amide bonds. The third kappa shape index (κ3) is 2.43. The van der Waals surface area contributed by atoms with Crippen LogP contribution in [0.1, 0.15) is 51.4 Å². The molecule has 0 spiro atoms. The lowest BCUT2D eigenvalue weighted by molar-refractivity contribution is 0.140. The van der Waals surface area contributed by atoms with E-state index in [1.165, 1.54) is 51.4 Å². The molecule has 2 nitrogen and oxygen atoms in total. The second kappa shape index (κ2) is 4.66. The first-order valence-electron chi connectivity index (χ1n) is 7.25. The fourth-order valence-electron chi connectivity index (χ4n) is 3.46. The Kier molecular flexibility index (Phi) is 3.21. The van der Waals surface area contributed by atoms with Crippen molar-refractivity contribution in [3.8, 4) is 0 Å². The molecule has 0 aromatic heterocycles. The van der Waals surface area contributed by atoms with Crippen molar-refractivity contribution < 1.29 is 5.11 Å². The van der Waals surface area contributed by atoms with Crippen molar-refractivity contribution in [3.05, 3.63) is 0 Å². The Hall–Kier alpha value is -0.0800. The Morgan fingerprint density at radius 1 is 0.938 bits per heavy atom. The van der Waals surface area contributed by atoms with E-state index in [0.717, 1.165) is 17.9 Å². The van der Waals surface area contributed by atoms with Gasteiger partial charge in [-0.15, -0.1) is 0 Å². The molecular formula is C14H25NO. The van der Waals surface area contributed by atoms with Gasteiger partial charge in [-0.3, -0.25) is 0 Å². The minimum atomic E-state index is 0.389. The van der Waals surface area contributed by atoms with Crippen molar-refractivity contribution >= 4 is 0 Å². The summed E-state index contributed by atoms with van der Waals surface area (Å²) in [6.45, 7) is 0.389. The molecule has 2 heteroatoms. The average Bonchev–Trinajstić information content (AvgIpc) is 3.18. The van der Waals surface area contributed by atoms with Gasteiger partial charge in [0.2, 0.25) is 0 Å². The first-order valence-corrected chi connectivity index (χ1v) is 7.25. The summed E-state index contributed by atoms with van der Waals surface area (Å²) in [6, 6.07) is 1.42. The Labute approximate surface area is 98.8 Å². The third-order valence-corrected chi connectivity index (χ3v) is 4.81. The van der Waals surface area contributed by atoms with Gasteiger partial charge in [0.15, 0.2) is 0 Å². The zero-order valence-electron chi connectivity index (χ0n) is 10.2. The maximum absolute atomic E-state index is 9.44. The second-order valence-corrected chi connectivity index (χ2v) is 6.20. The maximum Gasteiger partial charge on any atom is 0.0474 e. The maximum atomic E-state index is 9.44. The van der Waals surface area contributed by atoms with Crippen LogP contribution in [0.25, 0.3) is 0 Å². The van der Waals surface area contributed by atoms with Crippen LogP contribution in [-0.2, 0) is 0 Å². The molecule has 16 heavy (non-hydrogen) atoms. The van der Waals surface area contributed by atoms with E-state index in [0.29, 0.717) is 18.6 Å². The SMILES string of the molecule is OCC1CCCCC1NC(C1CC1)C1CC1. The van der Waals surface area contributed by atoms with Gasteiger partial charge in [0.05, 0.1) is 0 Å². The summed E-state index contributed by atoms with van der Waals surface area (Å²) < 4.78 is 0. The Balaban J connectivity index is 1.57. The van der Waals surface area contributed by atoms with E-state index in [4.69, 9.17) is 0 Å². The van der Waals surface area contributed by atoms with Gasteiger partial charge in [0.1, 0.15) is 0 Å². The molecule has 0 aromatic rings. The van der Waals surface area contributed by atoms with E-state index in [2.05, 4.69) is 5.32 Å². The lowest BCUT2D eigenvalue weighted by Gasteiger charge is -2.34. The molecule has 3 aliphatic rings. The fourth-order valence-corrected chi connectivity index (χ4v) is 3.46. The summed E-state index contributed by atoms with van der Waals surface area (Å²) in [7, 11) is 0. The van der Waals surface area contributed by atoms with Crippen molar-refractivity contribution in [2.45, 2.75) is 63.5 Å². The minimum absolute atomic E-state index is 0.389. The molecule has 0 heterocycles. The van der Waals surface area contributed by atoms with Gasteiger partial charge in [-0.25, -0.2) is 0 Å². The van der Waals surface area contributed by atoms with Gasteiger partial charge < -0.3 is 10.4 Å². The van der Waals surface area contributed by atoms with Crippen LogP contribution in [0.15, 0.2) is 0 Å². The largest absolute Gasteiger partial charge is 0.396 e. The summed E-state index contributed by atoms with van der Waals surface area (Å²) >= 11 is 0. The predicted molar refractivity (Wildman–Crippen MR) is 65.2 cm³/mol. The molecule has 0 saturated heterocycles. The molecule has 0 radical (unpaired) electrons. The number of hydrogen-bond acceptors (Lipinski definition) is 2. The highest BCUT2D eigenvalue weighted by atomic mass is 16.3. The Morgan fingerprint density at radius 3 is 2.12 bits per heavy atom. The van der Waals surface area contributed by atoms with Gasteiger partial charge >= 0.3 is 0 Å². The van der Waals surface area contributed by atoms with Crippen LogP contribution >= 0.6 is 0 Å². The van der Waals surface area contributed by atoms with Crippen LogP contribution in [0.2, 0.25) is 0 Å². The standard InChI is InChI=1S/C14H25NO/c16-9-12-3-1-2-4-13(12)15-14(10-5-6-10)11-7-8-11/h10-16H,1-9H2. The third-order valence-electron chi connectivity index (χ3n) is 4.81. The highest BCUT2D eigenvalue weighted by Crippen LogP contribution is 2.45. The number of aliphatic hydroxyl groups excluding tert-OH is 1. The van der Waals surface area contributed by atoms with Crippen molar-refractivity contribution in [1.29, 1.82) is 0 Å². The summed E-state index contributed by atoms with van der Waals surface area (Å²) in [5, 5.41) is 13.4. The molecule has 0 aromatic carbocycles. The van der Waals surface area contributed by atoms with Crippen LogP contribution in [0, 0.1) is 17.8 Å². The van der Waals surface area contributed by atoms with E-state index in [-0.39, 0.29) is 0 Å². The molecule has 3 fully saturated rings. The van der Waals surface area contributed by atoms with E-state index in [1.54, 1.807) is 0 Å². The highest BCUT2D eigenvalue weighted by molar-refractivity contribution is 4.98. The molecule has 2 unspecified atom stereocenters. The molecule has 0 aliphatic heterocycles. The van der Waals surface area contributed by atoms with Crippen molar-refractivity contribution in [2.24, 2.45) is 17.8 Å². The first kappa shape index (κ1) is 11.0. The highest BCUT2D eigenvalue weighted by Gasteiger charge is 2.43. The smallest absolute Gasteiger partial charge is 0.0474 e. The Morgan fingerprint density at radius 2 is 1.56 bits per heavy atom. The summed E-state index contributed by atoms with van der Waals surface area (Å²) in [5.74, 6) is 2.50. The van der Waals surface area contributed by atoms with Gasteiger partial charge in [-0.1, -0.05) is 12.8 Å². The van der Waals surface area contributed by atoms with Gasteiger partial charge in [0, 0.05) is 18.7 Å². The number of nitrogens with one attached hydrogen (secondary N) is 1. The molecule has 3 saturated carbocycles. The summed E-state index contributed by atoms with van der Waals surface area (Å²) in [4.78, 5) is 0. The van der Waals surface area contributed by atoms with Crippen molar-refractivity contribution in [1.82, 2.24) is 5.32 Å². The fraction of sp³-hybridized carbons (Fsp3) is 1.00. The predicted octanol–water partition coefficient (Wildman–Crippen LogP) is 2.32. The second-order valence-electron chi connectivity index (χ2n) is 6.20. The molecule has 0 bridgehead atoms. The lowest BCUT2D eigenvalue weighted by Crippen LogP contribution is -2.47. The topological polar surface area (TPSA) is 32.3 Å². The molecular weight excluding hydrogens is 198 g/mol. The molecule has 92 valence electrons. The summed E-state index contributed by atoms with van der Waals surface area (Å²) in [6.07, 6.45) is 11.0.